The highest BCUT2D eigenvalue weighted by molar-refractivity contribution is 5.97. The number of hydrogen-bond donors (Lipinski definition) is 13. The molecule has 0 bridgehead atoms. The summed E-state index contributed by atoms with van der Waals surface area (Å²) in [5.74, 6) is -6.02. The molecule has 346 valence electrons. The van der Waals surface area contributed by atoms with Crippen molar-refractivity contribution >= 4 is 41.4 Å². The van der Waals surface area contributed by atoms with Crippen LogP contribution in [-0.4, -0.2) is 161 Å². The Labute approximate surface area is 369 Å². The summed E-state index contributed by atoms with van der Waals surface area (Å²) in [5, 5.41) is 32.6. The highest BCUT2D eigenvalue weighted by Crippen LogP contribution is 2.20. The van der Waals surface area contributed by atoms with E-state index in [1.54, 1.807) is 0 Å². The van der Waals surface area contributed by atoms with E-state index in [4.69, 9.17) is 5.73 Å². The number of likely N-dealkylation sites (tertiary alicyclic amines) is 1. The summed E-state index contributed by atoms with van der Waals surface area (Å²) in [5.41, 5.74) is 8.57. The number of aromatic amines is 5. The van der Waals surface area contributed by atoms with E-state index in [2.05, 4.69) is 76.4 Å². The standard InChI is InChI=1S/C39H51N17O9/c1-20(57)32(39(64)65)55-37(62)31-3-2-4-56(31)38(63)30(9-25-14-45-19-50-25)54-36(61)29(8-24-13-44-18-49-24)53-35(60)28(7-23-12-43-17-48-23)52-34(59)27(6-22-11-42-16-47-22)51-33(58)26(40)5-21-10-41-15-46-21/h10-20,26-32,57H,2-9,40H2,1H3,(H,41,46)(H,42,47)(H,43,48)(H,44,49)(H,45,50)(H,51,58)(H,52,59)(H,53,60)(H,54,61)(H,55,62)(H,64,65)/t20-,26+,27+,28+,29+,30+,31+,32+/m1/s1. The van der Waals surface area contributed by atoms with Gasteiger partial charge < -0.3 is 72.4 Å². The lowest BCUT2D eigenvalue weighted by molar-refractivity contribution is -0.147. The van der Waals surface area contributed by atoms with Gasteiger partial charge in [-0.2, -0.15) is 0 Å². The molecule has 0 saturated carbocycles. The lowest BCUT2D eigenvalue weighted by Crippen LogP contribution is -2.61. The normalized spacial score (nSPS) is 16.8. The summed E-state index contributed by atoms with van der Waals surface area (Å²) in [6, 6.07) is -9.20. The Hall–Kier alpha value is -7.74. The first kappa shape index (κ1) is 46.8. The maximum absolute atomic E-state index is 14.4. The number of nitrogens with one attached hydrogen (secondary N) is 10. The van der Waals surface area contributed by atoms with Crippen molar-refractivity contribution < 1.29 is 43.8 Å². The van der Waals surface area contributed by atoms with Gasteiger partial charge in [0.1, 0.15) is 30.2 Å². The molecule has 1 fully saturated rings. The van der Waals surface area contributed by atoms with Gasteiger partial charge in [0.05, 0.1) is 43.8 Å². The quantitative estimate of drug-likeness (QED) is 0.0297. The van der Waals surface area contributed by atoms with Crippen molar-refractivity contribution in [3.63, 3.8) is 0 Å². The van der Waals surface area contributed by atoms with Gasteiger partial charge in [-0.1, -0.05) is 0 Å². The molecule has 0 aromatic carbocycles. The third-order valence-electron chi connectivity index (χ3n) is 10.6. The molecule has 0 spiro atoms. The second-order valence-electron chi connectivity index (χ2n) is 15.5. The molecule has 0 unspecified atom stereocenters. The van der Waals surface area contributed by atoms with Crippen LogP contribution in [-0.2, 0) is 65.7 Å². The first-order valence-corrected chi connectivity index (χ1v) is 20.6. The van der Waals surface area contributed by atoms with Gasteiger partial charge in [0.25, 0.3) is 0 Å². The number of carbonyl (C=O) groups excluding carboxylic acids is 6. The number of aliphatic carboxylic acids is 1. The van der Waals surface area contributed by atoms with Gasteiger partial charge in [0, 0.05) is 98.1 Å². The van der Waals surface area contributed by atoms with Crippen molar-refractivity contribution in [2.75, 3.05) is 6.54 Å². The number of rotatable bonds is 23. The highest BCUT2D eigenvalue weighted by atomic mass is 16.4. The predicted molar refractivity (Wildman–Crippen MR) is 223 cm³/mol. The molecule has 1 saturated heterocycles. The molecule has 5 aromatic heterocycles. The number of nitrogens with two attached hydrogens (primary N) is 1. The minimum absolute atomic E-state index is 0.0659. The number of hydrogen-bond acceptors (Lipinski definition) is 14. The number of H-pyrrole nitrogens is 5. The van der Waals surface area contributed by atoms with Crippen molar-refractivity contribution in [2.24, 2.45) is 5.73 Å². The molecule has 0 radical (unpaired) electrons. The van der Waals surface area contributed by atoms with Crippen molar-refractivity contribution in [3.05, 3.63) is 91.1 Å². The summed E-state index contributed by atoms with van der Waals surface area (Å²) in [7, 11) is 0. The van der Waals surface area contributed by atoms with Crippen LogP contribution < -0.4 is 32.3 Å². The Morgan fingerprint density at radius 2 is 0.985 bits per heavy atom. The summed E-state index contributed by atoms with van der Waals surface area (Å²) in [6.07, 6.45) is 13.0. The Bertz CT molecular complexity index is 2320. The lowest BCUT2D eigenvalue weighted by Gasteiger charge is -2.31. The predicted octanol–water partition coefficient (Wildman–Crippen LogP) is -3.98. The van der Waals surface area contributed by atoms with Gasteiger partial charge in [0.2, 0.25) is 35.4 Å². The van der Waals surface area contributed by atoms with Gasteiger partial charge in [0.15, 0.2) is 6.04 Å². The fourth-order valence-corrected chi connectivity index (χ4v) is 7.26. The number of carbonyl (C=O) groups is 7. The summed E-state index contributed by atoms with van der Waals surface area (Å²) in [4.78, 5) is 131. The fourth-order valence-electron chi connectivity index (χ4n) is 7.26. The molecule has 6 heterocycles. The van der Waals surface area contributed by atoms with Gasteiger partial charge in [-0.05, 0) is 19.8 Å². The second kappa shape index (κ2) is 22.1. The van der Waals surface area contributed by atoms with Crippen LogP contribution in [0.1, 0.15) is 48.2 Å². The molecule has 6 amide bonds. The lowest BCUT2D eigenvalue weighted by atomic mass is 10.0. The van der Waals surface area contributed by atoms with Crippen molar-refractivity contribution in [2.45, 2.75) is 100 Å². The molecule has 65 heavy (non-hydrogen) atoms. The molecule has 5 aromatic rings. The first-order chi connectivity index (χ1) is 31.2. The molecular formula is C39H51N17O9. The minimum Gasteiger partial charge on any atom is -0.480 e. The van der Waals surface area contributed by atoms with Crippen LogP contribution in [0, 0.1) is 0 Å². The maximum Gasteiger partial charge on any atom is 0.328 e. The fraction of sp³-hybridized carbons (Fsp3) is 0.436. The van der Waals surface area contributed by atoms with Gasteiger partial charge in [-0.15, -0.1) is 0 Å². The number of nitrogens with zero attached hydrogens (tertiary/aromatic N) is 6. The van der Waals surface area contributed by atoms with Gasteiger partial charge in [-0.3, -0.25) is 28.8 Å². The van der Waals surface area contributed by atoms with Crippen molar-refractivity contribution in [1.29, 1.82) is 0 Å². The number of aliphatic hydroxyl groups excluding tert-OH is 1. The van der Waals surface area contributed by atoms with E-state index >= 15 is 0 Å². The Balaban J connectivity index is 1.22. The van der Waals surface area contributed by atoms with Gasteiger partial charge in [-0.25, -0.2) is 29.7 Å². The van der Waals surface area contributed by atoms with Crippen molar-refractivity contribution in [3.8, 4) is 0 Å². The van der Waals surface area contributed by atoms with Crippen LogP contribution >= 0.6 is 0 Å². The number of aliphatic hydroxyl groups is 1. The number of amides is 6. The smallest absolute Gasteiger partial charge is 0.328 e. The summed E-state index contributed by atoms with van der Waals surface area (Å²) in [6.45, 7) is 1.31. The van der Waals surface area contributed by atoms with E-state index in [1.165, 1.54) is 74.4 Å². The van der Waals surface area contributed by atoms with E-state index in [0.717, 1.165) is 0 Å². The van der Waals surface area contributed by atoms with Gasteiger partial charge >= 0.3 is 5.97 Å². The monoisotopic (exact) mass is 901 g/mol. The molecule has 26 nitrogen and oxygen atoms in total. The van der Waals surface area contributed by atoms with E-state index in [1.807, 2.05) is 0 Å². The minimum atomic E-state index is -1.63. The van der Waals surface area contributed by atoms with Crippen LogP contribution in [0.4, 0.5) is 0 Å². The topological polar surface area (TPSA) is 393 Å². The van der Waals surface area contributed by atoms with E-state index in [0.29, 0.717) is 34.9 Å². The molecule has 0 aliphatic carbocycles. The average Bonchev–Trinajstić information content (AvgIpc) is 4.13. The van der Waals surface area contributed by atoms with Crippen LogP contribution in [0.2, 0.25) is 0 Å². The molecule has 6 rings (SSSR count). The third kappa shape index (κ3) is 12.9. The van der Waals surface area contributed by atoms with Crippen LogP contribution in [0.3, 0.4) is 0 Å². The highest BCUT2D eigenvalue weighted by Gasteiger charge is 2.41. The molecular weight excluding hydrogens is 851 g/mol. The number of carboxylic acid groups (broad SMARTS) is 1. The van der Waals surface area contributed by atoms with Crippen molar-refractivity contribution in [1.82, 2.24) is 81.3 Å². The third-order valence-corrected chi connectivity index (χ3v) is 10.6. The molecule has 26 heteroatoms. The zero-order valence-corrected chi connectivity index (χ0v) is 35.1. The van der Waals surface area contributed by atoms with E-state index < -0.39 is 89.8 Å². The Kier molecular flexibility index (Phi) is 15.9. The zero-order chi connectivity index (χ0) is 46.5. The Morgan fingerprint density at radius 1 is 0.615 bits per heavy atom. The van der Waals surface area contributed by atoms with Crippen LogP contribution in [0.25, 0.3) is 0 Å². The largest absolute Gasteiger partial charge is 0.480 e. The number of imidazole rings is 5. The Morgan fingerprint density at radius 3 is 1.35 bits per heavy atom. The van der Waals surface area contributed by atoms with Crippen LogP contribution in [0.15, 0.2) is 62.6 Å². The van der Waals surface area contributed by atoms with E-state index in [9.17, 15) is 43.8 Å². The maximum atomic E-state index is 14.4. The molecule has 14 N–H and O–H groups in total. The molecule has 8 atom stereocenters. The SMILES string of the molecule is C[C@@H](O)[C@H](NC(=O)[C@@H]1CCCN1C(=O)[C@H](Cc1cnc[nH]1)NC(=O)[C@H](Cc1cnc[nH]1)NC(=O)[C@H](Cc1cnc[nH]1)NC(=O)[C@H](Cc1cnc[nH]1)NC(=O)[C@@H](N)Cc1cnc[nH]1)C(=O)O. The van der Waals surface area contributed by atoms with E-state index in [-0.39, 0.29) is 45.1 Å². The summed E-state index contributed by atoms with van der Waals surface area (Å²) < 4.78 is 0. The van der Waals surface area contributed by atoms with Crippen LogP contribution in [0.5, 0.6) is 0 Å². The zero-order valence-electron chi connectivity index (χ0n) is 35.1. The number of carboxylic acids is 1. The first-order valence-electron chi connectivity index (χ1n) is 20.6. The second-order valence-corrected chi connectivity index (χ2v) is 15.5. The average molecular weight is 902 g/mol. The number of aromatic nitrogens is 10. The molecule has 1 aliphatic rings. The summed E-state index contributed by atoms with van der Waals surface area (Å²) >= 11 is 0. The molecule has 1 aliphatic heterocycles.